The van der Waals surface area contributed by atoms with Gasteiger partial charge in [-0.15, -0.1) is 0 Å². The van der Waals surface area contributed by atoms with Crippen LogP contribution < -0.4 is 16.4 Å². The molecule has 4 rings (SSSR count). The summed E-state index contributed by atoms with van der Waals surface area (Å²) >= 11 is 6.46. The van der Waals surface area contributed by atoms with Crippen molar-refractivity contribution in [3.8, 4) is 11.1 Å². The van der Waals surface area contributed by atoms with Crippen LogP contribution in [0.3, 0.4) is 0 Å². The average molecular weight is 451 g/mol. The Bertz CT molecular complexity index is 1280. The molecule has 0 saturated heterocycles. The number of carbonyl (C=O) groups is 1. The van der Waals surface area contributed by atoms with E-state index in [1.807, 2.05) is 25.1 Å². The Morgan fingerprint density at radius 3 is 2.56 bits per heavy atom. The number of rotatable bonds is 7. The lowest BCUT2D eigenvalue weighted by Crippen LogP contribution is -2.22. The second kappa shape index (κ2) is 9.15. The monoisotopic (exact) mass is 450 g/mol. The molecule has 0 saturated carbocycles. The molecule has 9 heteroatoms. The molecular weight excluding hydrogens is 431 g/mol. The van der Waals surface area contributed by atoms with Gasteiger partial charge in [0.05, 0.1) is 28.8 Å². The van der Waals surface area contributed by atoms with Crippen molar-refractivity contribution in [1.29, 1.82) is 0 Å². The molecule has 1 amide bonds. The summed E-state index contributed by atoms with van der Waals surface area (Å²) < 4.78 is 14.2. The van der Waals surface area contributed by atoms with Crippen LogP contribution in [0.2, 0.25) is 5.02 Å². The number of hydrogen-bond acceptors (Lipinski definition) is 6. The molecule has 7 nitrogen and oxygen atoms in total. The summed E-state index contributed by atoms with van der Waals surface area (Å²) in [7, 11) is 0. The standard InChI is InChI=1S/C23H20ClFN6O/c1-13(16-4-2-3-5-19(16)25)31-22-17-8-14(6-7-20(17)27-11-18(22)24)15-9-28-23(29-10-15)30-12-21(26)32/h2-11,13H,12H2,1H3,(H2,26,32)(H,27,31)(H,28,29,30). The number of primary amides is 1. The molecule has 0 aliphatic rings. The Hall–Kier alpha value is -3.78. The van der Waals surface area contributed by atoms with E-state index in [-0.39, 0.29) is 18.4 Å². The molecule has 4 aromatic rings. The van der Waals surface area contributed by atoms with Gasteiger partial charge in [0.1, 0.15) is 5.82 Å². The minimum absolute atomic E-state index is 0.0469. The van der Waals surface area contributed by atoms with Crippen molar-refractivity contribution < 1.29 is 9.18 Å². The summed E-state index contributed by atoms with van der Waals surface area (Å²) in [5, 5.41) is 7.29. The number of fused-ring (bicyclic) bond motifs is 1. The molecule has 0 spiro atoms. The van der Waals surface area contributed by atoms with Crippen molar-refractivity contribution in [2.45, 2.75) is 13.0 Å². The summed E-state index contributed by atoms with van der Waals surface area (Å²) in [5.74, 6) is -0.481. The van der Waals surface area contributed by atoms with E-state index in [1.54, 1.807) is 36.8 Å². The SMILES string of the molecule is CC(Nc1c(Cl)cnc2ccc(-c3cnc(NCC(N)=O)nc3)cc12)c1ccccc1F. The van der Waals surface area contributed by atoms with Crippen molar-refractivity contribution in [1.82, 2.24) is 15.0 Å². The van der Waals surface area contributed by atoms with Crippen LogP contribution in [0.15, 0.2) is 61.1 Å². The van der Waals surface area contributed by atoms with Crippen LogP contribution >= 0.6 is 11.6 Å². The Kier molecular flexibility index (Phi) is 6.13. The van der Waals surface area contributed by atoms with Crippen LogP contribution in [-0.2, 0) is 4.79 Å². The fraction of sp³-hybridized carbons (Fsp3) is 0.130. The lowest BCUT2D eigenvalue weighted by molar-refractivity contribution is -0.116. The van der Waals surface area contributed by atoms with E-state index < -0.39 is 5.91 Å². The molecule has 2 aromatic heterocycles. The molecule has 2 heterocycles. The number of amides is 1. The Morgan fingerprint density at radius 2 is 1.84 bits per heavy atom. The van der Waals surface area contributed by atoms with Gasteiger partial charge in [-0.25, -0.2) is 14.4 Å². The second-order valence-electron chi connectivity index (χ2n) is 7.22. The first kappa shape index (κ1) is 21.5. The Labute approximate surface area is 188 Å². The Balaban J connectivity index is 1.67. The van der Waals surface area contributed by atoms with Crippen molar-refractivity contribution in [2.75, 3.05) is 17.2 Å². The van der Waals surface area contributed by atoms with Gasteiger partial charge in [-0.2, -0.15) is 0 Å². The van der Waals surface area contributed by atoms with Crippen LogP contribution in [0.25, 0.3) is 22.0 Å². The molecule has 1 atom stereocenters. The second-order valence-corrected chi connectivity index (χ2v) is 7.62. The van der Waals surface area contributed by atoms with Crippen LogP contribution in [0.4, 0.5) is 16.0 Å². The van der Waals surface area contributed by atoms with Gasteiger partial charge in [0.15, 0.2) is 0 Å². The smallest absolute Gasteiger partial charge is 0.236 e. The summed E-state index contributed by atoms with van der Waals surface area (Å²) in [5.41, 5.74) is 8.68. The Morgan fingerprint density at radius 1 is 1.09 bits per heavy atom. The maximum absolute atomic E-state index is 14.2. The third-order valence-electron chi connectivity index (χ3n) is 4.96. The molecule has 0 bridgehead atoms. The predicted molar refractivity (Wildman–Crippen MR) is 124 cm³/mol. The molecule has 32 heavy (non-hydrogen) atoms. The van der Waals surface area contributed by atoms with E-state index in [0.29, 0.717) is 22.2 Å². The zero-order valence-electron chi connectivity index (χ0n) is 17.1. The maximum atomic E-state index is 14.2. The third kappa shape index (κ3) is 4.60. The highest BCUT2D eigenvalue weighted by Gasteiger charge is 2.15. The van der Waals surface area contributed by atoms with Gasteiger partial charge in [-0.3, -0.25) is 9.78 Å². The van der Waals surface area contributed by atoms with Crippen molar-refractivity contribution in [3.63, 3.8) is 0 Å². The van der Waals surface area contributed by atoms with Gasteiger partial charge in [0.2, 0.25) is 11.9 Å². The minimum Gasteiger partial charge on any atom is -0.377 e. The molecule has 0 radical (unpaired) electrons. The minimum atomic E-state index is -0.499. The fourth-order valence-corrected chi connectivity index (χ4v) is 3.55. The van der Waals surface area contributed by atoms with Crippen molar-refractivity contribution in [3.05, 3.63) is 77.5 Å². The van der Waals surface area contributed by atoms with E-state index in [4.69, 9.17) is 17.3 Å². The quantitative estimate of drug-likeness (QED) is 0.381. The number of aromatic nitrogens is 3. The molecule has 162 valence electrons. The number of nitrogens with zero attached hydrogens (tertiary/aromatic N) is 3. The van der Waals surface area contributed by atoms with Crippen LogP contribution in [-0.4, -0.2) is 27.4 Å². The number of nitrogens with two attached hydrogens (primary N) is 1. The summed E-state index contributed by atoms with van der Waals surface area (Å²) in [6.07, 6.45) is 4.86. The third-order valence-corrected chi connectivity index (χ3v) is 5.25. The molecule has 0 aliphatic heterocycles. The zero-order chi connectivity index (χ0) is 22.7. The van der Waals surface area contributed by atoms with E-state index in [0.717, 1.165) is 22.0 Å². The first-order chi connectivity index (χ1) is 15.4. The number of carbonyl (C=O) groups excluding carboxylic acids is 1. The highest BCUT2D eigenvalue weighted by atomic mass is 35.5. The first-order valence-electron chi connectivity index (χ1n) is 9.86. The van der Waals surface area contributed by atoms with Gasteiger partial charge >= 0.3 is 0 Å². The number of nitrogens with one attached hydrogen (secondary N) is 2. The number of benzene rings is 2. The van der Waals surface area contributed by atoms with Crippen LogP contribution in [0.1, 0.15) is 18.5 Å². The summed E-state index contributed by atoms with van der Waals surface area (Å²) in [6.45, 7) is 1.82. The maximum Gasteiger partial charge on any atom is 0.236 e. The van der Waals surface area contributed by atoms with Gasteiger partial charge in [-0.1, -0.05) is 35.9 Å². The van der Waals surface area contributed by atoms with Gasteiger partial charge in [0.25, 0.3) is 0 Å². The number of hydrogen-bond donors (Lipinski definition) is 3. The van der Waals surface area contributed by atoms with Crippen molar-refractivity contribution in [2.24, 2.45) is 5.73 Å². The van der Waals surface area contributed by atoms with E-state index in [2.05, 4.69) is 25.6 Å². The molecule has 0 fully saturated rings. The topological polar surface area (TPSA) is 106 Å². The molecular formula is C23H20ClFN6O. The fourth-order valence-electron chi connectivity index (χ4n) is 3.35. The largest absolute Gasteiger partial charge is 0.377 e. The summed E-state index contributed by atoms with van der Waals surface area (Å²) in [4.78, 5) is 23.7. The highest BCUT2D eigenvalue weighted by Crippen LogP contribution is 2.35. The van der Waals surface area contributed by atoms with Gasteiger partial charge in [0, 0.05) is 35.1 Å². The average Bonchev–Trinajstić information content (AvgIpc) is 2.80. The van der Waals surface area contributed by atoms with Crippen LogP contribution in [0, 0.1) is 5.82 Å². The van der Waals surface area contributed by atoms with Gasteiger partial charge in [-0.05, 0) is 30.7 Å². The molecule has 0 aliphatic carbocycles. The van der Waals surface area contributed by atoms with E-state index >= 15 is 0 Å². The number of halogens is 2. The lowest BCUT2D eigenvalue weighted by atomic mass is 10.0. The zero-order valence-corrected chi connectivity index (χ0v) is 17.9. The highest BCUT2D eigenvalue weighted by molar-refractivity contribution is 6.34. The molecule has 4 N–H and O–H groups in total. The van der Waals surface area contributed by atoms with Gasteiger partial charge < -0.3 is 16.4 Å². The van der Waals surface area contributed by atoms with Crippen LogP contribution in [0.5, 0.6) is 0 Å². The predicted octanol–water partition coefficient (Wildman–Crippen LogP) is 4.55. The van der Waals surface area contributed by atoms with E-state index in [1.165, 1.54) is 6.07 Å². The number of pyridine rings is 1. The van der Waals surface area contributed by atoms with E-state index in [9.17, 15) is 9.18 Å². The van der Waals surface area contributed by atoms with Crippen molar-refractivity contribution >= 4 is 40.0 Å². The first-order valence-corrected chi connectivity index (χ1v) is 10.2. The molecule has 2 aromatic carbocycles. The lowest BCUT2D eigenvalue weighted by Gasteiger charge is -2.19. The normalized spacial score (nSPS) is 11.8. The summed E-state index contributed by atoms with van der Waals surface area (Å²) in [6, 6.07) is 12.0. The molecule has 1 unspecified atom stereocenters. The number of anilines is 2.